The van der Waals surface area contributed by atoms with Crippen LogP contribution in [0.5, 0.6) is 0 Å². The first kappa shape index (κ1) is 16.9. The van der Waals surface area contributed by atoms with E-state index in [1.54, 1.807) is 0 Å². The summed E-state index contributed by atoms with van der Waals surface area (Å²) in [6.07, 6.45) is 0. The van der Waals surface area contributed by atoms with Gasteiger partial charge < -0.3 is 19.3 Å². The summed E-state index contributed by atoms with van der Waals surface area (Å²) in [4.78, 5) is 47.4. The van der Waals surface area contributed by atoms with E-state index in [2.05, 4.69) is 0 Å². The van der Waals surface area contributed by atoms with Crippen molar-refractivity contribution in [3.8, 4) is 0 Å². The topological polar surface area (TPSA) is 93.2 Å². The summed E-state index contributed by atoms with van der Waals surface area (Å²) >= 11 is 0. The Morgan fingerprint density at radius 3 is 1.50 bits per heavy atom. The molecule has 0 aromatic carbocycles. The fourth-order valence-electron chi connectivity index (χ4n) is 2.22. The van der Waals surface area contributed by atoms with Gasteiger partial charge in [0.1, 0.15) is 13.2 Å². The molecule has 0 saturated carbocycles. The largest absolute Gasteiger partial charge is 0.462 e. The molecule has 0 aromatic heterocycles. The SMILES string of the molecule is CC(=O)OC[C@@]12SS[C@@](COC(C)=O)(C(=O)N1C)N(C)C2=O. The van der Waals surface area contributed by atoms with Crippen LogP contribution in [0.1, 0.15) is 13.8 Å². The van der Waals surface area contributed by atoms with Crippen molar-refractivity contribution < 1.29 is 28.7 Å². The van der Waals surface area contributed by atoms with Gasteiger partial charge in [0.15, 0.2) is 0 Å². The van der Waals surface area contributed by atoms with Gasteiger partial charge in [-0.1, -0.05) is 0 Å². The maximum Gasteiger partial charge on any atom is 0.302 e. The molecule has 10 heteroatoms. The second kappa shape index (κ2) is 5.65. The van der Waals surface area contributed by atoms with Crippen molar-refractivity contribution in [3.05, 3.63) is 0 Å². The van der Waals surface area contributed by atoms with Crippen LogP contribution in [0.4, 0.5) is 0 Å². The Kier molecular flexibility index (Phi) is 4.35. The summed E-state index contributed by atoms with van der Waals surface area (Å²) in [5.41, 5.74) is 0. The molecule has 3 fully saturated rings. The van der Waals surface area contributed by atoms with Crippen LogP contribution in [-0.2, 0) is 28.7 Å². The Balaban J connectivity index is 2.33. The summed E-state index contributed by atoms with van der Waals surface area (Å²) in [5.74, 6) is -1.80. The van der Waals surface area contributed by atoms with Crippen LogP contribution in [0.3, 0.4) is 0 Å². The second-order valence-electron chi connectivity index (χ2n) is 5.02. The third-order valence-corrected chi connectivity index (χ3v) is 7.29. The summed E-state index contributed by atoms with van der Waals surface area (Å²) in [7, 11) is 5.23. The van der Waals surface area contributed by atoms with Crippen molar-refractivity contribution >= 4 is 45.3 Å². The fraction of sp³-hybridized carbons (Fsp3) is 0.667. The van der Waals surface area contributed by atoms with Crippen LogP contribution in [0, 0.1) is 0 Å². The zero-order chi connectivity index (χ0) is 16.7. The number of rotatable bonds is 4. The van der Waals surface area contributed by atoms with Crippen molar-refractivity contribution in [1.82, 2.24) is 9.80 Å². The first-order chi connectivity index (χ1) is 10.2. The monoisotopic (exact) mass is 348 g/mol. The normalized spacial score (nSPS) is 30.5. The number of hydrogen-bond donors (Lipinski definition) is 0. The third kappa shape index (κ3) is 2.34. The molecule has 0 spiro atoms. The van der Waals surface area contributed by atoms with Gasteiger partial charge in [-0.05, 0) is 21.6 Å². The molecule has 22 heavy (non-hydrogen) atoms. The number of likely N-dealkylation sites (N-methyl/N-ethyl adjacent to an activating group) is 2. The average Bonchev–Trinajstić information content (AvgIpc) is 2.45. The van der Waals surface area contributed by atoms with E-state index < -0.39 is 21.7 Å². The highest BCUT2D eigenvalue weighted by Crippen LogP contribution is 2.58. The minimum absolute atomic E-state index is 0.227. The van der Waals surface area contributed by atoms with Crippen LogP contribution in [0.15, 0.2) is 0 Å². The standard InChI is InChI=1S/C12H16N2O6S2/c1-7(15)19-5-11-9(17)14(4)12(22-21-11,6-20-8(2)16)10(18)13(11)3/h5-6H2,1-4H3/t11-,12-/m0/s1. The van der Waals surface area contributed by atoms with E-state index >= 15 is 0 Å². The molecule has 3 aliphatic heterocycles. The summed E-state index contributed by atoms with van der Waals surface area (Å²) in [5, 5.41) is 0. The van der Waals surface area contributed by atoms with Gasteiger partial charge >= 0.3 is 11.9 Å². The van der Waals surface area contributed by atoms with Gasteiger partial charge in [0.05, 0.1) is 0 Å². The second-order valence-corrected chi connectivity index (χ2v) is 7.71. The maximum atomic E-state index is 12.7. The first-order valence-corrected chi connectivity index (χ1v) is 8.52. The summed E-state index contributed by atoms with van der Waals surface area (Å²) < 4.78 is 9.94. The van der Waals surface area contributed by atoms with E-state index in [0.29, 0.717) is 0 Å². The smallest absolute Gasteiger partial charge is 0.302 e. The zero-order valence-corrected chi connectivity index (χ0v) is 14.2. The molecule has 3 aliphatic rings. The number of esters is 2. The minimum atomic E-state index is -1.29. The predicted molar refractivity (Wildman–Crippen MR) is 79.5 cm³/mol. The van der Waals surface area contributed by atoms with Crippen LogP contribution < -0.4 is 0 Å². The molecule has 8 nitrogen and oxygen atoms in total. The van der Waals surface area contributed by atoms with Gasteiger partial charge in [-0.3, -0.25) is 19.2 Å². The Hall–Kier alpha value is -1.42. The molecule has 2 atom stereocenters. The fourth-order valence-corrected chi connectivity index (χ4v) is 5.73. The molecule has 3 heterocycles. The number of carbonyl (C=O) groups excluding carboxylic acids is 4. The molecule has 3 saturated heterocycles. The Labute approximate surface area is 135 Å². The van der Waals surface area contributed by atoms with E-state index in [0.717, 1.165) is 21.6 Å². The molecule has 0 N–H and O–H groups in total. The number of nitrogens with zero attached hydrogens (tertiary/aromatic N) is 2. The zero-order valence-electron chi connectivity index (χ0n) is 12.6. The lowest BCUT2D eigenvalue weighted by atomic mass is 10.1. The number of piperazine rings is 1. The molecule has 2 bridgehead atoms. The number of hydrogen-bond acceptors (Lipinski definition) is 8. The van der Waals surface area contributed by atoms with E-state index in [4.69, 9.17) is 9.47 Å². The van der Waals surface area contributed by atoms with Gasteiger partial charge in [0.2, 0.25) is 9.74 Å². The van der Waals surface area contributed by atoms with E-state index in [1.807, 2.05) is 0 Å². The van der Waals surface area contributed by atoms with Crippen molar-refractivity contribution in [3.63, 3.8) is 0 Å². The molecule has 2 amide bonds. The average molecular weight is 348 g/mol. The number of carbonyl (C=O) groups is 4. The summed E-state index contributed by atoms with van der Waals surface area (Å²) in [6.45, 7) is 2.02. The van der Waals surface area contributed by atoms with Gasteiger partial charge in [-0.25, -0.2) is 0 Å². The maximum absolute atomic E-state index is 12.7. The van der Waals surface area contributed by atoms with Gasteiger partial charge in [0.25, 0.3) is 11.8 Å². The lowest BCUT2D eigenvalue weighted by Crippen LogP contribution is -2.78. The predicted octanol–water partition coefficient (Wildman–Crippen LogP) is -0.169. The molecule has 0 aliphatic carbocycles. The van der Waals surface area contributed by atoms with Gasteiger partial charge in [-0.2, -0.15) is 0 Å². The molecule has 0 aromatic rings. The number of amides is 2. The minimum Gasteiger partial charge on any atom is -0.462 e. The van der Waals surface area contributed by atoms with E-state index in [-0.39, 0.29) is 25.0 Å². The van der Waals surface area contributed by atoms with Crippen LogP contribution in [-0.4, -0.2) is 70.6 Å². The number of ether oxygens (including phenoxy) is 2. The number of fused-ring (bicyclic) bond motifs is 3. The highest BCUT2D eigenvalue weighted by molar-refractivity contribution is 8.78. The van der Waals surface area contributed by atoms with Crippen molar-refractivity contribution in [2.45, 2.75) is 23.6 Å². The Bertz CT molecular complexity index is 508. The molecular weight excluding hydrogens is 332 g/mol. The van der Waals surface area contributed by atoms with Crippen LogP contribution >= 0.6 is 21.6 Å². The lowest BCUT2D eigenvalue weighted by molar-refractivity contribution is -0.173. The Morgan fingerprint density at radius 1 is 0.909 bits per heavy atom. The highest BCUT2D eigenvalue weighted by Gasteiger charge is 2.68. The quantitative estimate of drug-likeness (QED) is 0.511. The molecular formula is C12H16N2O6S2. The highest BCUT2D eigenvalue weighted by atomic mass is 33.1. The third-order valence-electron chi connectivity index (χ3n) is 3.62. The van der Waals surface area contributed by atoms with Crippen LogP contribution in [0.25, 0.3) is 0 Å². The molecule has 0 radical (unpaired) electrons. The lowest BCUT2D eigenvalue weighted by Gasteiger charge is -2.57. The van der Waals surface area contributed by atoms with Crippen LogP contribution in [0.2, 0.25) is 0 Å². The summed E-state index contributed by atoms with van der Waals surface area (Å²) in [6, 6.07) is 0. The van der Waals surface area contributed by atoms with Gasteiger partial charge in [-0.15, -0.1) is 0 Å². The molecule has 0 unspecified atom stereocenters. The van der Waals surface area contributed by atoms with E-state index in [1.165, 1.54) is 37.7 Å². The van der Waals surface area contributed by atoms with Crippen molar-refractivity contribution in [1.29, 1.82) is 0 Å². The van der Waals surface area contributed by atoms with Crippen molar-refractivity contribution in [2.75, 3.05) is 27.3 Å². The van der Waals surface area contributed by atoms with Crippen molar-refractivity contribution in [2.24, 2.45) is 0 Å². The van der Waals surface area contributed by atoms with E-state index in [9.17, 15) is 19.2 Å². The van der Waals surface area contributed by atoms with Gasteiger partial charge in [0, 0.05) is 27.9 Å². The molecule has 3 rings (SSSR count). The molecule has 122 valence electrons. The Morgan fingerprint density at radius 2 is 1.23 bits per heavy atom. The first-order valence-electron chi connectivity index (χ1n) is 6.37.